The molecule has 0 spiro atoms. The molecule has 2 aromatic rings. The molecular formula is C18H18BrClO4. The van der Waals surface area contributed by atoms with E-state index in [0.717, 1.165) is 23.5 Å². The largest absolute Gasteiger partial charge is 0.493 e. The first-order valence-corrected chi connectivity index (χ1v) is 8.72. The number of benzene rings is 2. The van der Waals surface area contributed by atoms with Crippen molar-refractivity contribution >= 4 is 33.5 Å². The van der Waals surface area contributed by atoms with Crippen molar-refractivity contribution in [1.29, 1.82) is 0 Å². The molecule has 0 saturated carbocycles. The summed E-state index contributed by atoms with van der Waals surface area (Å²) in [7, 11) is 1.36. The van der Waals surface area contributed by atoms with Crippen molar-refractivity contribution in [3.8, 4) is 11.5 Å². The summed E-state index contributed by atoms with van der Waals surface area (Å²) in [5.74, 6) is 1.20. The molecule has 0 amide bonds. The summed E-state index contributed by atoms with van der Waals surface area (Å²) in [6.07, 6.45) is 0.758. The highest BCUT2D eigenvalue weighted by molar-refractivity contribution is 9.09. The molecule has 0 N–H and O–H groups in total. The van der Waals surface area contributed by atoms with E-state index in [0.29, 0.717) is 18.2 Å². The minimum Gasteiger partial charge on any atom is -0.493 e. The van der Waals surface area contributed by atoms with Crippen LogP contribution in [0.15, 0.2) is 48.5 Å². The molecule has 0 fully saturated rings. The van der Waals surface area contributed by atoms with Crippen molar-refractivity contribution < 1.29 is 19.0 Å². The lowest BCUT2D eigenvalue weighted by molar-refractivity contribution is -0.139. The molecule has 0 heterocycles. The van der Waals surface area contributed by atoms with E-state index in [9.17, 15) is 4.79 Å². The van der Waals surface area contributed by atoms with Crippen molar-refractivity contribution in [3.63, 3.8) is 0 Å². The number of ether oxygens (including phenoxy) is 3. The van der Waals surface area contributed by atoms with Crippen LogP contribution in [0.1, 0.15) is 16.8 Å². The maximum atomic E-state index is 11.5. The zero-order valence-electron chi connectivity index (χ0n) is 13.2. The van der Waals surface area contributed by atoms with Crippen molar-refractivity contribution in [1.82, 2.24) is 0 Å². The highest BCUT2D eigenvalue weighted by Crippen LogP contribution is 2.26. The molecule has 0 bridgehead atoms. The maximum Gasteiger partial charge on any atom is 0.323 e. The predicted molar refractivity (Wildman–Crippen MR) is 97.2 cm³/mol. The summed E-state index contributed by atoms with van der Waals surface area (Å²) in [6, 6.07) is 14.6. The Balaban J connectivity index is 1.70. The monoisotopic (exact) mass is 412 g/mol. The SMILES string of the molecule is COC(=O)C(Br)c1ccc(OCCCOc2ccc(Cl)cc2)cc1. The summed E-state index contributed by atoms with van der Waals surface area (Å²) in [5, 5.41) is 0.687. The molecule has 24 heavy (non-hydrogen) atoms. The van der Waals surface area contributed by atoms with Gasteiger partial charge in [-0.15, -0.1) is 0 Å². The first-order chi connectivity index (χ1) is 11.6. The van der Waals surface area contributed by atoms with Crippen LogP contribution in [0, 0.1) is 0 Å². The first-order valence-electron chi connectivity index (χ1n) is 7.43. The lowest BCUT2D eigenvalue weighted by Crippen LogP contribution is -2.08. The van der Waals surface area contributed by atoms with Gasteiger partial charge in [-0.1, -0.05) is 39.7 Å². The minimum atomic E-state index is -0.468. The minimum absolute atomic E-state index is 0.331. The number of hydrogen-bond acceptors (Lipinski definition) is 4. The van der Waals surface area contributed by atoms with Crippen LogP contribution in [0.3, 0.4) is 0 Å². The molecule has 0 aliphatic heterocycles. The van der Waals surface area contributed by atoms with Gasteiger partial charge in [0.25, 0.3) is 0 Å². The molecule has 0 aliphatic rings. The number of hydrogen-bond donors (Lipinski definition) is 0. The summed E-state index contributed by atoms with van der Waals surface area (Å²) in [5.41, 5.74) is 0.820. The van der Waals surface area contributed by atoms with Gasteiger partial charge in [-0.2, -0.15) is 0 Å². The third kappa shape index (κ3) is 5.73. The van der Waals surface area contributed by atoms with E-state index in [-0.39, 0.29) is 5.97 Å². The van der Waals surface area contributed by atoms with E-state index in [1.54, 1.807) is 12.1 Å². The van der Waals surface area contributed by atoms with Crippen LogP contribution in [0.5, 0.6) is 11.5 Å². The van der Waals surface area contributed by atoms with Crippen molar-refractivity contribution in [2.24, 2.45) is 0 Å². The first kappa shape index (κ1) is 18.6. The van der Waals surface area contributed by atoms with Crippen LogP contribution in [-0.2, 0) is 9.53 Å². The second-order valence-corrected chi connectivity index (χ2v) is 6.31. The van der Waals surface area contributed by atoms with E-state index in [1.165, 1.54) is 7.11 Å². The number of halogens is 2. The van der Waals surface area contributed by atoms with Gasteiger partial charge in [0.1, 0.15) is 16.3 Å². The van der Waals surface area contributed by atoms with Gasteiger partial charge >= 0.3 is 5.97 Å². The van der Waals surface area contributed by atoms with Gasteiger partial charge in [-0.05, 0) is 42.0 Å². The second kappa shape index (κ2) is 9.55. The Labute approximate surface area is 154 Å². The standard InChI is InChI=1S/C18H18BrClO4/c1-22-18(21)17(19)13-3-7-15(8-4-13)23-11-2-12-24-16-9-5-14(20)6-10-16/h3-10,17H,2,11-12H2,1H3. The van der Waals surface area contributed by atoms with Gasteiger partial charge < -0.3 is 14.2 Å². The second-order valence-electron chi connectivity index (χ2n) is 4.96. The van der Waals surface area contributed by atoms with Gasteiger partial charge in [0.15, 0.2) is 0 Å². The topological polar surface area (TPSA) is 44.8 Å². The number of alkyl halides is 1. The Hall–Kier alpha value is -1.72. The number of methoxy groups -OCH3 is 1. The van der Waals surface area contributed by atoms with E-state index < -0.39 is 4.83 Å². The van der Waals surface area contributed by atoms with Crippen LogP contribution in [0.2, 0.25) is 5.02 Å². The molecule has 2 rings (SSSR count). The molecule has 4 nitrogen and oxygen atoms in total. The molecule has 1 atom stereocenters. The van der Waals surface area contributed by atoms with Gasteiger partial charge in [-0.3, -0.25) is 4.79 Å². The third-order valence-electron chi connectivity index (χ3n) is 3.22. The normalized spacial score (nSPS) is 11.6. The molecular weight excluding hydrogens is 396 g/mol. The molecule has 0 aliphatic carbocycles. The Morgan fingerprint density at radius 3 is 2.00 bits per heavy atom. The average molecular weight is 414 g/mol. The highest BCUT2D eigenvalue weighted by atomic mass is 79.9. The van der Waals surface area contributed by atoms with Crippen molar-refractivity contribution in [2.75, 3.05) is 20.3 Å². The lowest BCUT2D eigenvalue weighted by atomic mass is 10.1. The summed E-state index contributed by atoms with van der Waals surface area (Å²) < 4.78 is 15.9. The maximum absolute atomic E-state index is 11.5. The van der Waals surface area contributed by atoms with Crippen molar-refractivity contribution in [3.05, 3.63) is 59.1 Å². The van der Waals surface area contributed by atoms with Gasteiger partial charge in [0.2, 0.25) is 0 Å². The van der Waals surface area contributed by atoms with Crippen LogP contribution in [-0.4, -0.2) is 26.3 Å². The molecule has 0 radical (unpaired) electrons. The van der Waals surface area contributed by atoms with E-state index in [4.69, 9.17) is 25.8 Å². The van der Waals surface area contributed by atoms with Crippen LogP contribution < -0.4 is 9.47 Å². The number of esters is 1. The molecule has 128 valence electrons. The van der Waals surface area contributed by atoms with E-state index in [2.05, 4.69) is 15.9 Å². The van der Waals surface area contributed by atoms with Gasteiger partial charge in [0.05, 0.1) is 20.3 Å². The van der Waals surface area contributed by atoms with Gasteiger partial charge in [0, 0.05) is 11.4 Å². The molecule has 6 heteroatoms. The summed E-state index contributed by atoms with van der Waals surface area (Å²) in [6.45, 7) is 1.10. The predicted octanol–water partition coefficient (Wildman–Crippen LogP) is 4.80. The van der Waals surface area contributed by atoms with E-state index in [1.807, 2.05) is 36.4 Å². The highest BCUT2D eigenvalue weighted by Gasteiger charge is 2.17. The zero-order chi connectivity index (χ0) is 17.4. The van der Waals surface area contributed by atoms with Crippen LogP contribution in [0.4, 0.5) is 0 Å². The Kier molecular flexibility index (Phi) is 7.40. The van der Waals surface area contributed by atoms with Crippen LogP contribution in [0.25, 0.3) is 0 Å². The van der Waals surface area contributed by atoms with Gasteiger partial charge in [-0.25, -0.2) is 0 Å². The Bertz CT molecular complexity index is 643. The fraction of sp³-hybridized carbons (Fsp3) is 0.278. The molecule has 0 saturated heterocycles. The van der Waals surface area contributed by atoms with Crippen molar-refractivity contribution in [2.45, 2.75) is 11.2 Å². The zero-order valence-corrected chi connectivity index (χ0v) is 15.5. The third-order valence-corrected chi connectivity index (χ3v) is 4.38. The number of rotatable bonds is 8. The molecule has 0 aromatic heterocycles. The fourth-order valence-electron chi connectivity index (χ4n) is 1.94. The average Bonchev–Trinajstić information content (AvgIpc) is 2.62. The van der Waals surface area contributed by atoms with Crippen LogP contribution >= 0.6 is 27.5 Å². The quantitative estimate of drug-likeness (QED) is 0.354. The molecule has 1 unspecified atom stereocenters. The number of carbonyl (C=O) groups excluding carboxylic acids is 1. The smallest absolute Gasteiger partial charge is 0.323 e. The summed E-state index contributed by atoms with van der Waals surface area (Å²) >= 11 is 9.11. The Morgan fingerprint density at radius 2 is 1.50 bits per heavy atom. The lowest BCUT2D eigenvalue weighted by Gasteiger charge is -2.10. The van der Waals surface area contributed by atoms with E-state index >= 15 is 0 Å². The summed E-state index contributed by atoms with van der Waals surface area (Å²) in [4.78, 5) is 11.0. The fourth-order valence-corrected chi connectivity index (χ4v) is 2.56. The number of carbonyl (C=O) groups is 1. The molecule has 2 aromatic carbocycles. The Morgan fingerprint density at radius 1 is 1.00 bits per heavy atom.